The Morgan fingerprint density at radius 2 is 1.96 bits per heavy atom. The molecule has 0 aliphatic carbocycles. The monoisotopic (exact) mass is 374 g/mol. The molecule has 1 fully saturated rings. The highest BCUT2D eigenvalue weighted by molar-refractivity contribution is 5.94. The summed E-state index contributed by atoms with van der Waals surface area (Å²) in [5.41, 5.74) is 1.71. The zero-order chi connectivity index (χ0) is 19.9. The van der Waals surface area contributed by atoms with Gasteiger partial charge in [-0.1, -0.05) is 18.2 Å². The van der Waals surface area contributed by atoms with Gasteiger partial charge in [0.05, 0.1) is 18.2 Å². The Labute approximate surface area is 158 Å². The second kappa shape index (κ2) is 6.88. The molecule has 1 aromatic heterocycles. The van der Waals surface area contributed by atoms with Crippen LogP contribution in [0.3, 0.4) is 0 Å². The van der Waals surface area contributed by atoms with E-state index < -0.39 is 23.9 Å². The number of aryl methyl sites for hydroxylation is 1. The molecule has 1 aromatic carbocycles. The summed E-state index contributed by atoms with van der Waals surface area (Å²) in [6, 6.07) is 5.63. The van der Waals surface area contributed by atoms with Crippen molar-refractivity contribution < 1.29 is 24.5 Å². The molecule has 2 heterocycles. The minimum absolute atomic E-state index is 0.158. The third-order valence-corrected chi connectivity index (χ3v) is 4.90. The summed E-state index contributed by atoms with van der Waals surface area (Å²) in [5.74, 6) is -0.242. The number of likely N-dealkylation sites (tertiary alicyclic amines) is 1. The third-order valence-electron chi connectivity index (χ3n) is 4.90. The van der Waals surface area contributed by atoms with Crippen LogP contribution in [0.5, 0.6) is 0 Å². The predicted molar refractivity (Wildman–Crippen MR) is 101 cm³/mol. The van der Waals surface area contributed by atoms with E-state index in [9.17, 15) is 19.8 Å². The van der Waals surface area contributed by atoms with Crippen molar-refractivity contribution >= 4 is 23.1 Å². The van der Waals surface area contributed by atoms with Gasteiger partial charge in [0, 0.05) is 24.0 Å². The number of aromatic nitrogens is 1. The van der Waals surface area contributed by atoms with Crippen LogP contribution in [0.1, 0.15) is 44.2 Å². The number of aliphatic hydroxyl groups is 1. The zero-order valence-electron chi connectivity index (χ0n) is 16.1. The lowest BCUT2D eigenvalue weighted by molar-refractivity contribution is -0.00139. The van der Waals surface area contributed by atoms with E-state index >= 15 is 0 Å². The number of amides is 1. The molecule has 3 rings (SSSR count). The van der Waals surface area contributed by atoms with Crippen molar-refractivity contribution in [1.82, 2.24) is 9.47 Å². The largest absolute Gasteiger partial charge is 0.464 e. The molecule has 2 N–H and O–H groups in total. The molecule has 1 saturated heterocycles. The molecular formula is C20H26N2O5. The average molecular weight is 374 g/mol. The molecule has 0 radical (unpaired) electrons. The van der Waals surface area contributed by atoms with Crippen molar-refractivity contribution in [1.29, 1.82) is 0 Å². The Bertz CT molecular complexity index is 880. The number of hydrogen-bond donors (Lipinski definition) is 2. The summed E-state index contributed by atoms with van der Waals surface area (Å²) < 4.78 is 6.60. The molecule has 1 aliphatic rings. The number of rotatable bonds is 1. The zero-order valence-corrected chi connectivity index (χ0v) is 16.1. The minimum atomic E-state index is -1.05. The average Bonchev–Trinajstić information content (AvgIpc) is 2.94. The molecule has 1 aliphatic heterocycles. The van der Waals surface area contributed by atoms with Gasteiger partial charge in [-0.3, -0.25) is 4.57 Å². The van der Waals surface area contributed by atoms with Gasteiger partial charge in [-0.25, -0.2) is 9.59 Å². The van der Waals surface area contributed by atoms with Crippen molar-refractivity contribution in [2.24, 2.45) is 0 Å². The Balaban J connectivity index is 1.88. The molecule has 2 aromatic rings. The summed E-state index contributed by atoms with van der Waals surface area (Å²) in [4.78, 5) is 25.4. The van der Waals surface area contributed by atoms with Crippen LogP contribution < -0.4 is 0 Å². The minimum Gasteiger partial charge on any atom is -0.464 e. The second-order valence-corrected chi connectivity index (χ2v) is 8.10. The van der Waals surface area contributed by atoms with Gasteiger partial charge in [-0.05, 0) is 45.2 Å². The Morgan fingerprint density at radius 1 is 1.26 bits per heavy atom. The topological polar surface area (TPSA) is 92.0 Å². The number of hydrogen-bond acceptors (Lipinski definition) is 4. The maximum Gasteiger partial charge on any atom is 0.416 e. The van der Waals surface area contributed by atoms with Crippen LogP contribution >= 0.6 is 0 Å². The standard InChI is InChI=1S/C20H26N2O5/c1-12-6-5-7-14-15(10-22(17(12)14)18(24)25)13-8-9-21(11-16(13)23)19(26)27-20(2,3)4/h5-7,10,13,16,23H,8-9,11H2,1-4H3,(H,24,25). The molecule has 0 bridgehead atoms. The number of fused-ring (bicyclic) bond motifs is 1. The Morgan fingerprint density at radius 3 is 2.56 bits per heavy atom. The van der Waals surface area contributed by atoms with E-state index in [1.54, 1.807) is 27.0 Å². The number of nitrogens with zero attached hydrogens (tertiary/aromatic N) is 2. The van der Waals surface area contributed by atoms with Crippen molar-refractivity contribution in [2.75, 3.05) is 13.1 Å². The van der Waals surface area contributed by atoms with E-state index in [1.165, 1.54) is 9.47 Å². The number of para-hydroxylation sites is 1. The molecule has 2 atom stereocenters. The molecule has 0 spiro atoms. The maximum absolute atomic E-state index is 12.3. The summed E-state index contributed by atoms with van der Waals surface area (Å²) in [6.07, 6.45) is -0.158. The van der Waals surface area contributed by atoms with Crippen LogP contribution in [-0.2, 0) is 4.74 Å². The van der Waals surface area contributed by atoms with Crippen LogP contribution in [0.2, 0.25) is 0 Å². The lowest BCUT2D eigenvalue weighted by Gasteiger charge is -2.36. The fourth-order valence-electron chi connectivity index (χ4n) is 3.72. The highest BCUT2D eigenvalue weighted by atomic mass is 16.6. The number of carboxylic acid groups (broad SMARTS) is 1. The van der Waals surface area contributed by atoms with E-state index in [-0.39, 0.29) is 12.5 Å². The third kappa shape index (κ3) is 3.78. The van der Waals surface area contributed by atoms with Crippen molar-refractivity contribution in [3.05, 3.63) is 35.5 Å². The number of benzene rings is 1. The van der Waals surface area contributed by atoms with Gasteiger partial charge in [0.25, 0.3) is 0 Å². The van der Waals surface area contributed by atoms with Crippen molar-refractivity contribution in [2.45, 2.75) is 51.7 Å². The molecular weight excluding hydrogens is 348 g/mol. The highest BCUT2D eigenvalue weighted by Crippen LogP contribution is 2.36. The quantitative estimate of drug-likeness (QED) is 0.796. The van der Waals surface area contributed by atoms with Crippen molar-refractivity contribution in [3.8, 4) is 0 Å². The van der Waals surface area contributed by atoms with Crippen LogP contribution in [0.15, 0.2) is 24.4 Å². The van der Waals surface area contributed by atoms with Gasteiger partial charge >= 0.3 is 12.2 Å². The smallest absolute Gasteiger partial charge is 0.416 e. The van der Waals surface area contributed by atoms with Gasteiger partial charge in [0.2, 0.25) is 0 Å². The molecule has 27 heavy (non-hydrogen) atoms. The van der Waals surface area contributed by atoms with Gasteiger partial charge in [-0.15, -0.1) is 0 Å². The van der Waals surface area contributed by atoms with Crippen molar-refractivity contribution in [3.63, 3.8) is 0 Å². The first-order chi connectivity index (χ1) is 12.6. The van der Waals surface area contributed by atoms with E-state index in [0.29, 0.717) is 18.5 Å². The van der Waals surface area contributed by atoms with E-state index in [1.807, 2.05) is 25.1 Å². The van der Waals surface area contributed by atoms with E-state index in [2.05, 4.69) is 0 Å². The van der Waals surface area contributed by atoms with Gasteiger partial charge < -0.3 is 19.8 Å². The number of ether oxygens (including phenoxy) is 1. The first-order valence-corrected chi connectivity index (χ1v) is 9.08. The summed E-state index contributed by atoms with van der Waals surface area (Å²) in [7, 11) is 0. The van der Waals surface area contributed by atoms with E-state index in [4.69, 9.17) is 4.74 Å². The van der Waals surface area contributed by atoms with Gasteiger partial charge in [0.1, 0.15) is 5.60 Å². The summed E-state index contributed by atoms with van der Waals surface area (Å²) in [5, 5.41) is 21.1. The molecule has 2 unspecified atom stereocenters. The van der Waals surface area contributed by atoms with Crippen LogP contribution in [0.25, 0.3) is 10.9 Å². The molecule has 146 valence electrons. The molecule has 0 saturated carbocycles. The number of carbonyl (C=O) groups is 2. The van der Waals surface area contributed by atoms with Crippen LogP contribution in [-0.4, -0.2) is 56.7 Å². The van der Waals surface area contributed by atoms with Gasteiger partial charge in [-0.2, -0.15) is 0 Å². The Hall–Kier alpha value is -2.54. The first-order valence-electron chi connectivity index (χ1n) is 9.08. The summed E-state index contributed by atoms with van der Waals surface area (Å²) >= 11 is 0. The lowest BCUT2D eigenvalue weighted by Crippen LogP contribution is -2.47. The number of aliphatic hydroxyl groups excluding tert-OH is 1. The lowest BCUT2D eigenvalue weighted by atomic mass is 9.87. The number of piperidine rings is 1. The first kappa shape index (κ1) is 19.2. The highest BCUT2D eigenvalue weighted by Gasteiger charge is 2.35. The number of carbonyl (C=O) groups excluding carboxylic acids is 1. The fraction of sp³-hybridized carbons (Fsp3) is 0.500. The Kier molecular flexibility index (Phi) is 4.90. The SMILES string of the molecule is Cc1cccc2c(C3CCN(C(=O)OC(C)(C)C)CC3O)cn(C(=O)O)c12. The molecule has 7 nitrogen and oxygen atoms in total. The van der Waals surface area contributed by atoms with E-state index in [0.717, 1.165) is 16.5 Å². The maximum atomic E-state index is 12.3. The van der Waals surface area contributed by atoms with Crippen LogP contribution in [0.4, 0.5) is 9.59 Å². The van der Waals surface area contributed by atoms with Gasteiger partial charge in [0.15, 0.2) is 0 Å². The second-order valence-electron chi connectivity index (χ2n) is 8.10. The molecule has 7 heteroatoms. The number of β-amino-alcohol motifs (C(OH)–C–C–N with tert-alkyl or cyclic N) is 1. The summed E-state index contributed by atoms with van der Waals surface area (Å²) in [6.45, 7) is 7.88. The fourth-order valence-corrected chi connectivity index (χ4v) is 3.72. The van der Waals surface area contributed by atoms with Crippen LogP contribution in [0, 0.1) is 6.92 Å². The predicted octanol–water partition coefficient (Wildman–Crippen LogP) is 3.56. The normalized spacial score (nSPS) is 20.7. The molecule has 1 amide bonds.